The van der Waals surface area contributed by atoms with E-state index in [0.29, 0.717) is 29.9 Å². The molecule has 3 nitrogen and oxygen atoms in total. The Bertz CT molecular complexity index is 929. The van der Waals surface area contributed by atoms with Crippen molar-refractivity contribution in [3.63, 3.8) is 0 Å². The van der Waals surface area contributed by atoms with Crippen molar-refractivity contribution < 1.29 is 17.6 Å². The highest BCUT2D eigenvalue weighted by Gasteiger charge is 2.16. The lowest BCUT2D eigenvalue weighted by atomic mass is 9.98. The third-order valence-electron chi connectivity index (χ3n) is 4.14. The van der Waals surface area contributed by atoms with E-state index in [-0.39, 0.29) is 0 Å². The summed E-state index contributed by atoms with van der Waals surface area (Å²) < 4.78 is 53.4. The average molecular weight is 375 g/mol. The molecule has 2 aromatic carbocycles. The molecule has 7 heteroatoms. The van der Waals surface area contributed by atoms with Crippen molar-refractivity contribution in [3.05, 3.63) is 88.8 Å². The van der Waals surface area contributed by atoms with Gasteiger partial charge in [-0.05, 0) is 60.7 Å². The third kappa shape index (κ3) is 4.81. The van der Waals surface area contributed by atoms with Gasteiger partial charge in [-0.2, -0.15) is 0 Å². The number of benzene rings is 2. The van der Waals surface area contributed by atoms with Gasteiger partial charge in [0.15, 0.2) is 23.3 Å². The highest BCUT2D eigenvalue weighted by atomic mass is 19.2. The van der Waals surface area contributed by atoms with Gasteiger partial charge < -0.3 is 5.32 Å². The van der Waals surface area contributed by atoms with Crippen LogP contribution in [0.3, 0.4) is 0 Å². The van der Waals surface area contributed by atoms with E-state index >= 15 is 0 Å². The first-order valence-corrected chi connectivity index (χ1v) is 8.36. The number of hydrogen-bond donors (Lipinski definition) is 1. The van der Waals surface area contributed by atoms with Crippen molar-refractivity contribution in [3.8, 4) is 0 Å². The molecule has 3 aromatic rings. The molecule has 1 N–H and O–H groups in total. The number of hydrogen-bond acceptors (Lipinski definition) is 3. The highest BCUT2D eigenvalue weighted by Crippen LogP contribution is 2.25. The molecule has 1 unspecified atom stereocenters. The van der Waals surface area contributed by atoms with E-state index < -0.39 is 29.3 Å². The molecule has 140 valence electrons. The Morgan fingerprint density at radius 2 is 1.48 bits per heavy atom. The molecule has 0 aliphatic heterocycles. The van der Waals surface area contributed by atoms with E-state index in [1.54, 1.807) is 12.4 Å². The summed E-state index contributed by atoms with van der Waals surface area (Å²) in [5, 5.41) is 3.09. The zero-order chi connectivity index (χ0) is 19.4. The molecule has 1 atom stereocenters. The molecule has 27 heavy (non-hydrogen) atoms. The third-order valence-corrected chi connectivity index (χ3v) is 4.14. The summed E-state index contributed by atoms with van der Waals surface area (Å²) >= 11 is 0. The molecule has 0 saturated heterocycles. The largest absolute Gasteiger partial charge is 0.347 e. The molecule has 0 radical (unpaired) electrons. The number of anilines is 1. The summed E-state index contributed by atoms with van der Waals surface area (Å²) in [6, 6.07) is 6.85. The van der Waals surface area contributed by atoms with Crippen LogP contribution in [0.5, 0.6) is 0 Å². The Balaban J connectivity index is 1.82. The number of nitrogens with zero attached hydrogens (tertiary/aromatic N) is 2. The molecule has 3 rings (SSSR count). The summed E-state index contributed by atoms with van der Waals surface area (Å²) in [5.74, 6) is -3.41. The monoisotopic (exact) mass is 375 g/mol. The van der Waals surface area contributed by atoms with Gasteiger partial charge in [0.2, 0.25) is 5.95 Å². The van der Waals surface area contributed by atoms with Crippen molar-refractivity contribution in [1.82, 2.24) is 9.97 Å². The molecule has 1 heterocycles. The number of rotatable bonds is 6. The van der Waals surface area contributed by atoms with E-state index in [9.17, 15) is 17.6 Å². The van der Waals surface area contributed by atoms with Crippen molar-refractivity contribution in [2.24, 2.45) is 0 Å². The molecule has 0 saturated carbocycles. The predicted octanol–water partition coefficient (Wildman–Crippen LogP) is 5.13. The van der Waals surface area contributed by atoms with Gasteiger partial charge in [0.25, 0.3) is 0 Å². The maximum absolute atomic E-state index is 13.7. The average Bonchev–Trinajstić information content (AvgIpc) is 2.65. The first kappa shape index (κ1) is 18.8. The van der Waals surface area contributed by atoms with E-state index in [4.69, 9.17) is 0 Å². The Hall–Kier alpha value is -2.96. The summed E-state index contributed by atoms with van der Waals surface area (Å²) in [5.41, 5.74) is 1.97. The van der Waals surface area contributed by atoms with Crippen LogP contribution in [0.15, 0.2) is 48.8 Å². The Morgan fingerprint density at radius 1 is 0.852 bits per heavy atom. The summed E-state index contributed by atoms with van der Waals surface area (Å²) in [7, 11) is 0. The fraction of sp³-hybridized carbons (Fsp3) is 0.200. The Labute approximate surface area is 154 Å². The van der Waals surface area contributed by atoms with E-state index in [0.717, 1.165) is 29.8 Å². The second kappa shape index (κ2) is 8.16. The van der Waals surface area contributed by atoms with Gasteiger partial charge in [0.1, 0.15) is 0 Å². The van der Waals surface area contributed by atoms with Crippen LogP contribution < -0.4 is 5.32 Å². The molecule has 0 fully saturated rings. The second-order valence-electron chi connectivity index (χ2n) is 6.24. The van der Waals surface area contributed by atoms with Gasteiger partial charge in [0, 0.05) is 12.4 Å². The van der Waals surface area contributed by atoms with Crippen LogP contribution in [0.4, 0.5) is 23.5 Å². The fourth-order valence-corrected chi connectivity index (χ4v) is 2.68. The van der Waals surface area contributed by atoms with E-state index in [1.165, 1.54) is 12.1 Å². The quantitative estimate of drug-likeness (QED) is 0.607. The number of aryl methyl sites for hydroxylation is 2. The number of halogens is 4. The molecule has 1 aromatic heterocycles. The lowest BCUT2D eigenvalue weighted by Gasteiger charge is -2.19. The molecule has 0 spiro atoms. The van der Waals surface area contributed by atoms with Crippen LogP contribution in [-0.2, 0) is 6.42 Å². The normalized spacial score (nSPS) is 12.0. The molecule has 0 amide bonds. The SMILES string of the molecule is Cc1cnc(NC(CCc2ccc(F)c(F)c2)c2ccc(F)c(F)c2)nc1. The lowest BCUT2D eigenvalue weighted by Crippen LogP contribution is -2.14. The Morgan fingerprint density at radius 3 is 2.11 bits per heavy atom. The van der Waals surface area contributed by atoms with Crippen molar-refractivity contribution >= 4 is 5.95 Å². The topological polar surface area (TPSA) is 37.8 Å². The standard InChI is InChI=1S/C20H17F4N3/c1-12-10-25-20(26-11-12)27-19(14-4-6-16(22)18(24)9-14)7-3-13-2-5-15(21)17(23)8-13/h2,4-6,8-11,19H,3,7H2,1H3,(H,25,26,27). The predicted molar refractivity (Wildman–Crippen MR) is 94.2 cm³/mol. The minimum absolute atomic E-state index is 0.334. The minimum atomic E-state index is -0.961. The van der Waals surface area contributed by atoms with Crippen molar-refractivity contribution in [2.75, 3.05) is 5.32 Å². The smallest absolute Gasteiger partial charge is 0.223 e. The minimum Gasteiger partial charge on any atom is -0.347 e. The lowest BCUT2D eigenvalue weighted by molar-refractivity contribution is 0.504. The van der Waals surface area contributed by atoms with Crippen LogP contribution in [0.1, 0.15) is 29.2 Å². The van der Waals surface area contributed by atoms with Crippen LogP contribution >= 0.6 is 0 Å². The van der Waals surface area contributed by atoms with E-state index in [1.807, 2.05) is 6.92 Å². The maximum atomic E-state index is 13.7. The van der Waals surface area contributed by atoms with Crippen LogP contribution in [0.25, 0.3) is 0 Å². The van der Waals surface area contributed by atoms with Gasteiger partial charge >= 0.3 is 0 Å². The van der Waals surface area contributed by atoms with Crippen molar-refractivity contribution in [2.45, 2.75) is 25.8 Å². The first-order chi connectivity index (χ1) is 12.9. The molecular formula is C20H17F4N3. The van der Waals surface area contributed by atoms with Gasteiger partial charge in [-0.3, -0.25) is 0 Å². The molecular weight excluding hydrogens is 358 g/mol. The summed E-state index contributed by atoms with van der Waals surface area (Å²) in [6.45, 7) is 1.85. The zero-order valence-corrected chi connectivity index (χ0v) is 14.5. The highest BCUT2D eigenvalue weighted by molar-refractivity contribution is 5.33. The zero-order valence-electron chi connectivity index (χ0n) is 14.5. The number of aromatic nitrogens is 2. The van der Waals surface area contributed by atoms with Crippen LogP contribution in [0.2, 0.25) is 0 Å². The molecule has 0 aliphatic carbocycles. The first-order valence-electron chi connectivity index (χ1n) is 8.36. The molecule has 0 aliphatic rings. The van der Waals surface area contributed by atoms with Gasteiger partial charge in [0.05, 0.1) is 6.04 Å². The summed E-state index contributed by atoms with van der Waals surface area (Å²) in [6.07, 6.45) is 4.06. The molecule has 0 bridgehead atoms. The van der Waals surface area contributed by atoms with Gasteiger partial charge in [-0.15, -0.1) is 0 Å². The fourth-order valence-electron chi connectivity index (χ4n) is 2.68. The van der Waals surface area contributed by atoms with Crippen LogP contribution in [-0.4, -0.2) is 9.97 Å². The van der Waals surface area contributed by atoms with Gasteiger partial charge in [-0.1, -0.05) is 12.1 Å². The number of nitrogens with one attached hydrogen (secondary N) is 1. The maximum Gasteiger partial charge on any atom is 0.223 e. The van der Waals surface area contributed by atoms with Crippen molar-refractivity contribution in [1.29, 1.82) is 0 Å². The Kier molecular flexibility index (Phi) is 5.69. The van der Waals surface area contributed by atoms with E-state index in [2.05, 4.69) is 15.3 Å². The van der Waals surface area contributed by atoms with Gasteiger partial charge in [-0.25, -0.2) is 27.5 Å². The summed E-state index contributed by atoms with van der Waals surface area (Å²) in [4.78, 5) is 8.33. The van der Waals surface area contributed by atoms with Crippen LogP contribution in [0, 0.1) is 30.2 Å². The second-order valence-corrected chi connectivity index (χ2v) is 6.24.